The SMILES string of the molecule is Cc1ccc(C(=O)CCC(=O)N2CC[C@@H](O)C2)s1. The summed E-state index contributed by atoms with van der Waals surface area (Å²) in [4.78, 5) is 27.1. The summed E-state index contributed by atoms with van der Waals surface area (Å²) in [5, 5.41) is 9.35. The van der Waals surface area contributed by atoms with Crippen LogP contribution in [0.5, 0.6) is 0 Å². The van der Waals surface area contributed by atoms with Crippen molar-refractivity contribution < 1.29 is 14.7 Å². The van der Waals surface area contributed by atoms with Crippen LogP contribution in [-0.4, -0.2) is 40.9 Å². The van der Waals surface area contributed by atoms with Crippen LogP contribution in [0.1, 0.15) is 33.8 Å². The van der Waals surface area contributed by atoms with Gasteiger partial charge in [0, 0.05) is 30.8 Å². The number of nitrogens with zero attached hydrogens (tertiary/aromatic N) is 1. The quantitative estimate of drug-likeness (QED) is 0.843. The molecule has 1 saturated heterocycles. The third-order valence-electron chi connectivity index (χ3n) is 3.10. The van der Waals surface area contributed by atoms with Gasteiger partial charge in [-0.1, -0.05) is 0 Å². The summed E-state index contributed by atoms with van der Waals surface area (Å²) >= 11 is 1.47. The van der Waals surface area contributed by atoms with Crippen LogP contribution in [0.3, 0.4) is 0 Å². The molecule has 0 aromatic carbocycles. The standard InChI is InChI=1S/C13H17NO3S/c1-9-2-4-12(18-9)11(16)3-5-13(17)14-7-6-10(15)8-14/h2,4,10,15H,3,5-8H2,1H3/t10-/m1/s1. The van der Waals surface area contributed by atoms with Crippen LogP contribution >= 0.6 is 11.3 Å². The van der Waals surface area contributed by atoms with Crippen molar-refractivity contribution in [2.75, 3.05) is 13.1 Å². The Hall–Kier alpha value is -1.20. The Balaban J connectivity index is 1.81. The molecular weight excluding hydrogens is 250 g/mol. The molecule has 0 unspecified atom stereocenters. The predicted octanol–water partition coefficient (Wildman–Crippen LogP) is 1.61. The number of carbonyl (C=O) groups excluding carboxylic acids is 2. The van der Waals surface area contributed by atoms with Gasteiger partial charge < -0.3 is 10.0 Å². The molecule has 18 heavy (non-hydrogen) atoms. The van der Waals surface area contributed by atoms with Crippen LogP contribution in [0.15, 0.2) is 12.1 Å². The predicted molar refractivity (Wildman–Crippen MR) is 69.8 cm³/mol. The molecule has 5 heteroatoms. The van der Waals surface area contributed by atoms with Crippen LogP contribution in [0.4, 0.5) is 0 Å². The first kappa shape index (κ1) is 13.2. The van der Waals surface area contributed by atoms with Gasteiger partial charge in [-0.3, -0.25) is 9.59 Å². The zero-order chi connectivity index (χ0) is 13.1. The van der Waals surface area contributed by atoms with Crippen molar-refractivity contribution in [3.63, 3.8) is 0 Å². The Morgan fingerprint density at radius 3 is 2.78 bits per heavy atom. The first-order valence-corrected chi connectivity index (χ1v) is 6.93. The van der Waals surface area contributed by atoms with E-state index in [-0.39, 0.29) is 24.5 Å². The highest BCUT2D eigenvalue weighted by atomic mass is 32.1. The molecule has 0 spiro atoms. The molecule has 1 aliphatic rings. The van der Waals surface area contributed by atoms with Gasteiger partial charge in [-0.2, -0.15) is 0 Å². The van der Waals surface area contributed by atoms with Gasteiger partial charge >= 0.3 is 0 Å². The zero-order valence-corrected chi connectivity index (χ0v) is 11.2. The number of rotatable bonds is 4. The number of amides is 1. The van der Waals surface area contributed by atoms with E-state index in [0.29, 0.717) is 19.5 Å². The van der Waals surface area contributed by atoms with Crippen LogP contribution in [-0.2, 0) is 4.79 Å². The second-order valence-corrected chi connectivity index (χ2v) is 5.90. The monoisotopic (exact) mass is 267 g/mol. The molecule has 0 radical (unpaired) electrons. The van der Waals surface area contributed by atoms with E-state index in [1.165, 1.54) is 11.3 Å². The second-order valence-electron chi connectivity index (χ2n) is 4.62. The number of β-amino-alcohol motifs (C(OH)–C–C–N with tert-alkyl or cyclic N) is 1. The van der Waals surface area contributed by atoms with Crippen molar-refractivity contribution in [2.45, 2.75) is 32.3 Å². The fraction of sp³-hybridized carbons (Fsp3) is 0.538. The van der Waals surface area contributed by atoms with Gasteiger partial charge in [0.15, 0.2) is 5.78 Å². The fourth-order valence-electron chi connectivity index (χ4n) is 2.05. The van der Waals surface area contributed by atoms with E-state index < -0.39 is 6.10 Å². The minimum Gasteiger partial charge on any atom is -0.391 e. The lowest BCUT2D eigenvalue weighted by Crippen LogP contribution is -2.29. The third kappa shape index (κ3) is 3.17. The van der Waals surface area contributed by atoms with E-state index in [1.54, 1.807) is 4.90 Å². The number of aliphatic hydroxyl groups excluding tert-OH is 1. The Morgan fingerprint density at radius 1 is 1.44 bits per heavy atom. The second kappa shape index (κ2) is 5.63. The van der Waals surface area contributed by atoms with Gasteiger partial charge in [0.1, 0.15) is 0 Å². The molecule has 1 aliphatic heterocycles. The molecule has 1 N–H and O–H groups in total. The average molecular weight is 267 g/mol. The number of carbonyl (C=O) groups is 2. The lowest BCUT2D eigenvalue weighted by atomic mass is 10.2. The number of ketones is 1. The molecule has 4 nitrogen and oxygen atoms in total. The molecule has 2 rings (SSSR count). The van der Waals surface area contributed by atoms with Crippen molar-refractivity contribution >= 4 is 23.0 Å². The van der Waals surface area contributed by atoms with Crippen LogP contribution in [0.25, 0.3) is 0 Å². The summed E-state index contributed by atoms with van der Waals surface area (Å²) in [6.07, 6.45) is 0.738. The van der Waals surface area contributed by atoms with Gasteiger partial charge in [0.25, 0.3) is 0 Å². The lowest BCUT2D eigenvalue weighted by molar-refractivity contribution is -0.130. The van der Waals surface area contributed by atoms with E-state index >= 15 is 0 Å². The molecule has 1 fully saturated rings. The highest BCUT2D eigenvalue weighted by Gasteiger charge is 2.24. The van der Waals surface area contributed by atoms with Crippen LogP contribution < -0.4 is 0 Å². The summed E-state index contributed by atoms with van der Waals surface area (Å²) in [6.45, 7) is 2.97. The maximum Gasteiger partial charge on any atom is 0.223 e. The van der Waals surface area contributed by atoms with Gasteiger partial charge in [0.2, 0.25) is 5.91 Å². The number of aryl methyl sites for hydroxylation is 1. The maximum atomic E-state index is 11.8. The van der Waals surface area contributed by atoms with Gasteiger partial charge in [-0.25, -0.2) is 0 Å². The Labute approximate surface area is 110 Å². The molecule has 98 valence electrons. The average Bonchev–Trinajstić information content (AvgIpc) is 2.94. The van der Waals surface area contributed by atoms with E-state index in [2.05, 4.69) is 0 Å². The smallest absolute Gasteiger partial charge is 0.223 e. The lowest BCUT2D eigenvalue weighted by Gasteiger charge is -2.14. The number of thiophene rings is 1. The highest BCUT2D eigenvalue weighted by Crippen LogP contribution is 2.18. The Kier molecular flexibility index (Phi) is 4.14. The van der Waals surface area contributed by atoms with Crippen LogP contribution in [0, 0.1) is 6.92 Å². The maximum absolute atomic E-state index is 11.8. The first-order valence-electron chi connectivity index (χ1n) is 6.12. The normalized spacial score (nSPS) is 19.2. The number of likely N-dealkylation sites (tertiary alicyclic amines) is 1. The van der Waals surface area contributed by atoms with Gasteiger partial charge in [0.05, 0.1) is 11.0 Å². The molecular formula is C13H17NO3S. The zero-order valence-electron chi connectivity index (χ0n) is 10.4. The number of aliphatic hydroxyl groups is 1. The fourth-order valence-corrected chi connectivity index (χ4v) is 2.89. The van der Waals surface area contributed by atoms with Crippen molar-refractivity contribution in [1.82, 2.24) is 4.90 Å². The number of hydrogen-bond acceptors (Lipinski definition) is 4. The summed E-state index contributed by atoms with van der Waals surface area (Å²) in [7, 11) is 0. The summed E-state index contributed by atoms with van der Waals surface area (Å²) < 4.78 is 0. The van der Waals surface area contributed by atoms with Gasteiger partial charge in [-0.05, 0) is 25.5 Å². The van der Waals surface area contributed by atoms with Crippen molar-refractivity contribution in [3.05, 3.63) is 21.9 Å². The molecule has 2 heterocycles. The van der Waals surface area contributed by atoms with Crippen LogP contribution in [0.2, 0.25) is 0 Å². The molecule has 0 aliphatic carbocycles. The summed E-state index contributed by atoms with van der Waals surface area (Å²) in [5.74, 6) is -0.00521. The van der Waals surface area contributed by atoms with Crippen molar-refractivity contribution in [2.24, 2.45) is 0 Å². The molecule has 1 aromatic rings. The molecule has 0 bridgehead atoms. The summed E-state index contributed by atoms with van der Waals surface area (Å²) in [6, 6.07) is 3.73. The van der Waals surface area contributed by atoms with Crippen molar-refractivity contribution in [1.29, 1.82) is 0 Å². The van der Waals surface area contributed by atoms with Gasteiger partial charge in [-0.15, -0.1) is 11.3 Å². The van der Waals surface area contributed by atoms with E-state index in [1.807, 2.05) is 19.1 Å². The Morgan fingerprint density at radius 2 is 2.22 bits per heavy atom. The molecule has 1 aromatic heterocycles. The largest absolute Gasteiger partial charge is 0.391 e. The first-order chi connectivity index (χ1) is 8.56. The minimum absolute atomic E-state index is 0.0289. The number of Topliss-reactive ketones (excluding diaryl/α,β-unsaturated/α-hetero) is 1. The molecule has 1 amide bonds. The molecule has 1 atom stereocenters. The highest BCUT2D eigenvalue weighted by molar-refractivity contribution is 7.14. The Bertz CT molecular complexity index is 455. The molecule has 0 saturated carbocycles. The summed E-state index contributed by atoms with van der Waals surface area (Å²) in [5.41, 5.74) is 0. The number of hydrogen-bond donors (Lipinski definition) is 1. The van der Waals surface area contributed by atoms with E-state index in [4.69, 9.17) is 0 Å². The minimum atomic E-state index is -0.399. The van der Waals surface area contributed by atoms with E-state index in [0.717, 1.165) is 9.75 Å². The topological polar surface area (TPSA) is 57.6 Å². The van der Waals surface area contributed by atoms with Crippen molar-refractivity contribution in [3.8, 4) is 0 Å². The third-order valence-corrected chi connectivity index (χ3v) is 4.14. The van der Waals surface area contributed by atoms with E-state index in [9.17, 15) is 14.7 Å².